The quantitative estimate of drug-likeness (QED) is 0.680. The standard InChI is InChI=1S/C14H26N4O2/c1-5-12-6-13(18-17-12)7-15-14(19)16-11(4)9-20-8-10(2)3/h6,10-11H,5,7-9H2,1-4H3,(H,17,18)(H2,15,16,19). The van der Waals surface area contributed by atoms with Crippen molar-refractivity contribution in [2.75, 3.05) is 13.2 Å². The summed E-state index contributed by atoms with van der Waals surface area (Å²) in [6.07, 6.45) is 0.882. The van der Waals surface area contributed by atoms with Crippen LogP contribution in [0.1, 0.15) is 39.1 Å². The SMILES string of the molecule is CCc1cc(CNC(=O)NC(C)COCC(C)C)[nH]n1. The number of amides is 2. The second kappa shape index (κ2) is 8.58. The molecule has 1 atom stereocenters. The molecule has 0 aliphatic rings. The number of ether oxygens (including phenoxy) is 1. The monoisotopic (exact) mass is 282 g/mol. The van der Waals surface area contributed by atoms with Gasteiger partial charge < -0.3 is 15.4 Å². The van der Waals surface area contributed by atoms with Crippen LogP contribution in [-0.4, -0.2) is 35.5 Å². The first-order valence-electron chi connectivity index (χ1n) is 7.16. The molecule has 20 heavy (non-hydrogen) atoms. The van der Waals surface area contributed by atoms with Crippen LogP contribution in [0.5, 0.6) is 0 Å². The van der Waals surface area contributed by atoms with E-state index in [-0.39, 0.29) is 12.1 Å². The summed E-state index contributed by atoms with van der Waals surface area (Å²) in [5.74, 6) is 0.504. The van der Waals surface area contributed by atoms with Crippen LogP contribution in [0.25, 0.3) is 0 Å². The van der Waals surface area contributed by atoms with Crippen LogP contribution in [0.2, 0.25) is 0 Å². The van der Waals surface area contributed by atoms with Gasteiger partial charge in [-0.25, -0.2) is 4.79 Å². The van der Waals surface area contributed by atoms with E-state index in [1.54, 1.807) is 0 Å². The molecule has 1 heterocycles. The Morgan fingerprint density at radius 1 is 1.40 bits per heavy atom. The van der Waals surface area contributed by atoms with E-state index in [1.165, 1.54) is 0 Å². The summed E-state index contributed by atoms with van der Waals surface area (Å²) in [5.41, 5.74) is 1.90. The zero-order valence-electron chi connectivity index (χ0n) is 12.8. The predicted octanol–water partition coefficient (Wildman–Crippen LogP) is 1.83. The molecule has 1 aromatic rings. The lowest BCUT2D eigenvalue weighted by Crippen LogP contribution is -2.42. The van der Waals surface area contributed by atoms with E-state index in [9.17, 15) is 4.79 Å². The van der Waals surface area contributed by atoms with Gasteiger partial charge in [-0.2, -0.15) is 5.10 Å². The molecule has 1 aromatic heterocycles. The summed E-state index contributed by atoms with van der Waals surface area (Å²) in [5, 5.41) is 12.6. The number of H-pyrrole nitrogens is 1. The molecule has 6 nitrogen and oxygen atoms in total. The van der Waals surface area contributed by atoms with Crippen molar-refractivity contribution in [2.45, 2.75) is 46.7 Å². The molecule has 6 heteroatoms. The third-order valence-electron chi connectivity index (χ3n) is 2.68. The van der Waals surface area contributed by atoms with Crippen LogP contribution >= 0.6 is 0 Å². The third-order valence-corrected chi connectivity index (χ3v) is 2.68. The smallest absolute Gasteiger partial charge is 0.315 e. The zero-order valence-corrected chi connectivity index (χ0v) is 12.8. The molecule has 0 spiro atoms. The van der Waals surface area contributed by atoms with Gasteiger partial charge in [-0.15, -0.1) is 0 Å². The maximum absolute atomic E-state index is 11.7. The average molecular weight is 282 g/mol. The van der Waals surface area contributed by atoms with E-state index >= 15 is 0 Å². The minimum atomic E-state index is -0.196. The fraction of sp³-hybridized carbons (Fsp3) is 0.714. The van der Waals surface area contributed by atoms with Crippen molar-refractivity contribution < 1.29 is 9.53 Å². The first-order valence-corrected chi connectivity index (χ1v) is 7.16. The highest BCUT2D eigenvalue weighted by Crippen LogP contribution is 1.99. The van der Waals surface area contributed by atoms with Crippen LogP contribution in [0.15, 0.2) is 6.07 Å². The Bertz CT molecular complexity index is 404. The molecular formula is C14H26N4O2. The first kappa shape index (κ1) is 16.5. The van der Waals surface area contributed by atoms with Gasteiger partial charge in [0.25, 0.3) is 0 Å². The van der Waals surface area contributed by atoms with Crippen molar-refractivity contribution in [1.29, 1.82) is 0 Å². The summed E-state index contributed by atoms with van der Waals surface area (Å²) in [4.78, 5) is 11.7. The number of nitrogens with zero attached hydrogens (tertiary/aromatic N) is 1. The van der Waals surface area contributed by atoms with Crippen molar-refractivity contribution in [3.05, 3.63) is 17.5 Å². The van der Waals surface area contributed by atoms with Gasteiger partial charge in [-0.05, 0) is 25.3 Å². The summed E-state index contributed by atoms with van der Waals surface area (Å²) in [7, 11) is 0. The molecule has 3 N–H and O–H groups in total. The Hall–Kier alpha value is -1.56. The van der Waals surface area contributed by atoms with E-state index < -0.39 is 0 Å². The number of nitrogens with one attached hydrogen (secondary N) is 3. The molecule has 0 radical (unpaired) electrons. The highest BCUT2D eigenvalue weighted by Gasteiger charge is 2.08. The largest absolute Gasteiger partial charge is 0.379 e. The molecule has 0 saturated heterocycles. The lowest BCUT2D eigenvalue weighted by atomic mass is 10.2. The Balaban J connectivity index is 2.19. The van der Waals surface area contributed by atoms with Crippen molar-refractivity contribution in [1.82, 2.24) is 20.8 Å². The fourth-order valence-corrected chi connectivity index (χ4v) is 1.65. The van der Waals surface area contributed by atoms with Gasteiger partial charge in [0.15, 0.2) is 0 Å². The molecule has 2 amide bonds. The summed E-state index contributed by atoms with van der Waals surface area (Å²) in [6.45, 7) is 9.83. The minimum absolute atomic E-state index is 0.0123. The Kier molecular flexibility index (Phi) is 7.08. The summed E-state index contributed by atoms with van der Waals surface area (Å²) >= 11 is 0. The Morgan fingerprint density at radius 2 is 2.15 bits per heavy atom. The average Bonchev–Trinajstić information content (AvgIpc) is 2.83. The maximum Gasteiger partial charge on any atom is 0.315 e. The van der Waals surface area contributed by atoms with E-state index in [0.717, 1.165) is 17.8 Å². The van der Waals surface area contributed by atoms with Gasteiger partial charge in [0.05, 0.1) is 30.6 Å². The molecule has 1 rings (SSSR count). The van der Waals surface area contributed by atoms with Crippen LogP contribution in [0.4, 0.5) is 4.79 Å². The molecule has 0 fully saturated rings. The number of carbonyl (C=O) groups is 1. The summed E-state index contributed by atoms with van der Waals surface area (Å²) in [6, 6.07) is 1.75. The number of carbonyl (C=O) groups excluding carboxylic acids is 1. The topological polar surface area (TPSA) is 79.0 Å². The number of aromatic nitrogens is 2. The second-order valence-corrected chi connectivity index (χ2v) is 5.40. The third kappa shape index (κ3) is 6.56. The highest BCUT2D eigenvalue weighted by molar-refractivity contribution is 5.74. The van der Waals surface area contributed by atoms with Crippen molar-refractivity contribution >= 4 is 6.03 Å². The van der Waals surface area contributed by atoms with Crippen LogP contribution in [-0.2, 0) is 17.7 Å². The van der Waals surface area contributed by atoms with Crippen molar-refractivity contribution in [3.63, 3.8) is 0 Å². The first-order chi connectivity index (χ1) is 9.51. The van der Waals surface area contributed by atoms with Gasteiger partial charge in [0.2, 0.25) is 0 Å². The highest BCUT2D eigenvalue weighted by atomic mass is 16.5. The molecule has 0 saturated carbocycles. The van der Waals surface area contributed by atoms with Gasteiger partial charge in [-0.1, -0.05) is 20.8 Å². The predicted molar refractivity (Wildman–Crippen MR) is 78.5 cm³/mol. The van der Waals surface area contributed by atoms with Gasteiger partial charge in [0.1, 0.15) is 0 Å². The lowest BCUT2D eigenvalue weighted by Gasteiger charge is -2.15. The number of rotatable bonds is 8. The normalized spacial score (nSPS) is 12.4. The van der Waals surface area contributed by atoms with Crippen LogP contribution < -0.4 is 10.6 Å². The lowest BCUT2D eigenvalue weighted by molar-refractivity contribution is 0.0954. The fourth-order valence-electron chi connectivity index (χ4n) is 1.65. The van der Waals surface area contributed by atoms with E-state index in [0.29, 0.717) is 25.7 Å². The molecular weight excluding hydrogens is 256 g/mol. The van der Waals surface area contributed by atoms with Gasteiger partial charge >= 0.3 is 6.03 Å². The summed E-state index contributed by atoms with van der Waals surface area (Å²) < 4.78 is 5.48. The Morgan fingerprint density at radius 3 is 2.75 bits per heavy atom. The van der Waals surface area contributed by atoms with Crippen LogP contribution in [0, 0.1) is 5.92 Å². The molecule has 1 unspecified atom stereocenters. The maximum atomic E-state index is 11.7. The number of urea groups is 1. The van der Waals surface area contributed by atoms with Crippen molar-refractivity contribution in [2.24, 2.45) is 5.92 Å². The van der Waals surface area contributed by atoms with Crippen LogP contribution in [0.3, 0.4) is 0 Å². The van der Waals surface area contributed by atoms with Gasteiger partial charge in [0, 0.05) is 6.61 Å². The molecule has 0 aliphatic heterocycles. The second-order valence-electron chi connectivity index (χ2n) is 5.40. The number of hydrogen-bond donors (Lipinski definition) is 3. The number of aromatic amines is 1. The molecule has 114 valence electrons. The van der Waals surface area contributed by atoms with Crippen molar-refractivity contribution in [3.8, 4) is 0 Å². The number of hydrogen-bond acceptors (Lipinski definition) is 3. The van der Waals surface area contributed by atoms with E-state index in [4.69, 9.17) is 4.74 Å². The molecule has 0 aliphatic carbocycles. The van der Waals surface area contributed by atoms with E-state index in [1.807, 2.05) is 19.9 Å². The zero-order chi connectivity index (χ0) is 15.0. The Labute approximate surface area is 120 Å². The van der Waals surface area contributed by atoms with E-state index in [2.05, 4.69) is 34.7 Å². The number of aryl methyl sites for hydroxylation is 1. The molecule has 0 bridgehead atoms. The van der Waals surface area contributed by atoms with Gasteiger partial charge in [-0.3, -0.25) is 5.10 Å². The molecule has 0 aromatic carbocycles. The minimum Gasteiger partial charge on any atom is -0.379 e.